The molecule has 7 rings (SSSR count). The van der Waals surface area contributed by atoms with E-state index in [2.05, 4.69) is 38.0 Å². The van der Waals surface area contributed by atoms with Crippen molar-refractivity contribution in [1.82, 2.24) is 35.1 Å². The molecule has 4 bridgehead atoms. The Bertz CT molecular complexity index is 2750. The van der Waals surface area contributed by atoms with E-state index in [1.54, 1.807) is 20.2 Å². The van der Waals surface area contributed by atoms with Gasteiger partial charge in [-0.25, -0.2) is 0 Å². The predicted octanol–water partition coefficient (Wildman–Crippen LogP) is 7.63. The summed E-state index contributed by atoms with van der Waals surface area (Å²) in [7, 11) is 5.11. The number of halogens is 7. The van der Waals surface area contributed by atoms with Gasteiger partial charge in [0.05, 0.1) is 23.7 Å². The first-order chi connectivity index (χ1) is 35.1. The van der Waals surface area contributed by atoms with Gasteiger partial charge in [-0.3, -0.25) is 4.98 Å². The van der Waals surface area contributed by atoms with Gasteiger partial charge in [0.2, 0.25) is 0 Å². The van der Waals surface area contributed by atoms with E-state index in [9.17, 15) is 40.7 Å². The number of anilines is 1. The van der Waals surface area contributed by atoms with Gasteiger partial charge < -0.3 is 14.5 Å². The second-order valence-electron chi connectivity index (χ2n) is 21.2. The third-order valence-electron chi connectivity index (χ3n) is 14.4. The van der Waals surface area contributed by atoms with Crippen LogP contribution in [0, 0.1) is 40.8 Å². The van der Waals surface area contributed by atoms with Crippen LogP contribution < -0.4 is 15.6 Å². The number of alkyl halides is 6. The van der Waals surface area contributed by atoms with Gasteiger partial charge in [0, 0.05) is 38.9 Å². The number of aliphatic imine (C=N–C) groups is 1. The standard InChI is InChI=1S/C53H66F7N9O5.Os/c1-31(2)45(66(8)48(70)35-21-34(22-35)12-14-52(55,56)57)28-62-42-13-15-61-32(3)37-24-38-40(26-51(5,6)30-74-50(72)43-11-10-16-69(64-43)49(42)71)47(68(29-53(58,59)60)44(38)25-41(37)54)39-23-36(27-63-46(39)33(4)73-9)67-19-17-65(7)18-20-67;/h15,23-25,27,31,33-35,42-43,45,62,64H,3,10-11,13,16-22,26,29-30H2,1-2,4-9H3;/t33-,34?,35?,42-,43-,45+;/m0./s1. The van der Waals surface area contributed by atoms with Crippen LogP contribution in [-0.2, 0) is 55.0 Å². The van der Waals surface area contributed by atoms with E-state index in [4.69, 9.17) is 14.5 Å². The van der Waals surface area contributed by atoms with Crippen molar-refractivity contribution in [3.63, 3.8) is 0 Å². The Morgan fingerprint density at radius 2 is 1.76 bits per heavy atom. The number of carbonyl (C=O) groups excluding carboxylic acids is 3. The summed E-state index contributed by atoms with van der Waals surface area (Å²) in [5.74, 6) is -0.0509. The molecule has 5 heterocycles. The third-order valence-corrected chi connectivity index (χ3v) is 15.5. The topological polar surface area (TPSA) is 137 Å². The van der Waals surface area contributed by atoms with Gasteiger partial charge >= 0.3 is 323 Å². The number of aromatic nitrogens is 2. The summed E-state index contributed by atoms with van der Waals surface area (Å²) >= 11 is 1.45. The number of esters is 1. The van der Waals surface area contributed by atoms with E-state index >= 15 is 4.39 Å². The molecule has 1 aromatic carbocycles. The molecule has 22 heteroatoms. The molecular formula is C53H66F7N9O5Os. The molecule has 3 aromatic rings. The number of carbonyl (C=O) groups is 3. The fraction of sp³-hybridized carbons (Fsp3) is 0.585. The Hall–Kier alpha value is -5.05. The molecule has 3 fully saturated rings. The molecule has 1 saturated carbocycles. The van der Waals surface area contributed by atoms with E-state index in [1.165, 1.54) is 53.4 Å². The van der Waals surface area contributed by atoms with Crippen LogP contribution >= 0.6 is 0 Å². The molecule has 2 saturated heterocycles. The van der Waals surface area contributed by atoms with Crippen molar-refractivity contribution in [1.29, 1.82) is 0 Å². The molecule has 0 radical (unpaired) electrons. The van der Waals surface area contributed by atoms with Gasteiger partial charge in [-0.05, 0) is 20.0 Å². The van der Waals surface area contributed by atoms with Crippen LogP contribution in [0.3, 0.4) is 0 Å². The zero-order valence-corrected chi connectivity index (χ0v) is 46.0. The maximum atomic E-state index is 16.8. The van der Waals surface area contributed by atoms with Crippen LogP contribution in [0.15, 0.2) is 36.0 Å². The Morgan fingerprint density at radius 3 is 2.40 bits per heavy atom. The van der Waals surface area contributed by atoms with Crippen molar-refractivity contribution < 1.29 is 72.7 Å². The van der Waals surface area contributed by atoms with Crippen molar-refractivity contribution in [3.8, 4) is 23.1 Å². The number of nitrogens with one attached hydrogen (secondary N) is 2. The second kappa shape index (κ2) is 23.3. The number of amides is 2. The number of methoxy groups -OCH3 is 1. The molecule has 0 unspecified atom stereocenters. The Morgan fingerprint density at radius 1 is 1.07 bits per heavy atom. The van der Waals surface area contributed by atoms with E-state index < -0.39 is 78.1 Å². The summed E-state index contributed by atoms with van der Waals surface area (Å²) in [6, 6.07) is 1.76. The molecule has 0 spiro atoms. The number of rotatable bonds is 11. The van der Waals surface area contributed by atoms with E-state index in [1.807, 2.05) is 40.8 Å². The molecule has 2 amide bonds. The van der Waals surface area contributed by atoms with Gasteiger partial charge in [-0.1, -0.05) is 0 Å². The molecule has 4 atom stereocenters. The SMILES string of the molecule is C=C1N=CC[C@H](N[C](=[Os])[C@H](C(C)C)N(C)C(=O)C2CC(C#CC(F)(F)F)C2)C(=O)N2CCC[C@H](N2)C(=O)OCC(C)(C)Cc2c(-c3cc(N4CCN(C)CC4)cnc3[C@H](C)OC)n(CC(F)(F)F)c3cc(F)c1cc23. The van der Waals surface area contributed by atoms with Crippen LogP contribution in [-0.4, -0.2) is 144 Å². The minimum absolute atomic E-state index is 0.0396. The van der Waals surface area contributed by atoms with Crippen molar-refractivity contribution in [2.24, 2.45) is 28.2 Å². The van der Waals surface area contributed by atoms with Gasteiger partial charge in [-0.15, -0.1) is 0 Å². The molecule has 1 aliphatic carbocycles. The van der Waals surface area contributed by atoms with Gasteiger partial charge in [0.15, 0.2) is 0 Å². The normalized spacial score (nSPS) is 23.0. The van der Waals surface area contributed by atoms with Crippen molar-refractivity contribution in [3.05, 3.63) is 53.6 Å². The minimum atomic E-state index is -4.76. The van der Waals surface area contributed by atoms with Gasteiger partial charge in [0.1, 0.15) is 6.54 Å². The number of cyclic esters (lactones) is 1. The summed E-state index contributed by atoms with van der Waals surface area (Å²) in [5.41, 5.74) is 3.93. The van der Waals surface area contributed by atoms with E-state index in [0.29, 0.717) is 58.0 Å². The fourth-order valence-electron chi connectivity index (χ4n) is 10.3. The second-order valence-corrected chi connectivity index (χ2v) is 22.6. The summed E-state index contributed by atoms with van der Waals surface area (Å²) in [5, 5.41) is 4.95. The van der Waals surface area contributed by atoms with E-state index in [-0.39, 0.29) is 73.1 Å². The fourth-order valence-corrected chi connectivity index (χ4v) is 12.0. The Kier molecular flexibility index (Phi) is 17.9. The first-order valence-electron chi connectivity index (χ1n) is 25.1. The average molecular weight is 1230 g/mol. The van der Waals surface area contributed by atoms with Crippen molar-refractivity contribution in [2.45, 2.75) is 116 Å². The summed E-state index contributed by atoms with van der Waals surface area (Å²) in [4.78, 5) is 57.6. The first-order valence-corrected chi connectivity index (χ1v) is 26.4. The van der Waals surface area contributed by atoms with Crippen LogP contribution in [0.1, 0.15) is 89.6 Å². The molecule has 410 valence electrons. The van der Waals surface area contributed by atoms with Gasteiger partial charge in [0.25, 0.3) is 0 Å². The number of hydrogen-bond acceptors (Lipinski definition) is 11. The molecule has 75 heavy (non-hydrogen) atoms. The zero-order chi connectivity index (χ0) is 54.9. The third kappa shape index (κ3) is 13.7. The molecule has 3 aliphatic heterocycles. The first kappa shape index (κ1) is 57.6. The van der Waals surface area contributed by atoms with Crippen LogP contribution in [0.4, 0.5) is 36.4 Å². The molecule has 4 aliphatic rings. The van der Waals surface area contributed by atoms with Gasteiger partial charge in [-0.2, -0.15) is 13.2 Å². The molecule has 14 nitrogen and oxygen atoms in total. The number of fused-ring (bicyclic) bond motifs is 3. The number of piperazine rings is 1. The summed E-state index contributed by atoms with van der Waals surface area (Å²) in [6.07, 6.45) is -5.89. The summed E-state index contributed by atoms with van der Waals surface area (Å²) in [6.45, 7) is 14.7. The van der Waals surface area contributed by atoms with Crippen LogP contribution in [0.25, 0.3) is 27.9 Å². The quantitative estimate of drug-likeness (QED) is 0.112. The number of pyridine rings is 1. The van der Waals surface area contributed by atoms with Crippen molar-refractivity contribution in [2.75, 3.05) is 65.4 Å². The number of hydrogen-bond donors (Lipinski definition) is 2. The average Bonchev–Trinajstić information content (AvgIpc) is 3.59. The molecular weight excluding hydrogens is 1170 g/mol. The van der Waals surface area contributed by atoms with Crippen molar-refractivity contribution >= 4 is 50.5 Å². The summed E-state index contributed by atoms with van der Waals surface area (Å²) < 4.78 is 113. The number of nitrogens with zero attached hydrogens (tertiary/aromatic N) is 7. The number of ether oxygens (including phenoxy) is 2. The molecule has 2 N–H and O–H groups in total. The maximum absolute atomic E-state index is 16.8. The zero-order valence-electron chi connectivity index (χ0n) is 43.5. The number of benzene rings is 1. The predicted molar refractivity (Wildman–Crippen MR) is 268 cm³/mol. The number of hydrazine groups is 1. The van der Waals surface area contributed by atoms with E-state index in [0.717, 1.165) is 23.7 Å². The Labute approximate surface area is 443 Å². The Balaban J connectivity index is 1.30. The monoisotopic (exact) mass is 1230 g/mol. The van der Waals surface area contributed by atoms with Crippen LogP contribution in [0.2, 0.25) is 0 Å². The van der Waals surface area contributed by atoms with Crippen LogP contribution in [0.5, 0.6) is 0 Å². The number of likely N-dealkylation sites (N-methyl/N-ethyl adjacent to an activating group) is 2. The molecule has 2 aromatic heterocycles.